The third-order valence-electron chi connectivity index (χ3n) is 4.18. The summed E-state index contributed by atoms with van der Waals surface area (Å²) in [6, 6.07) is 23.8. The Morgan fingerprint density at radius 3 is 2.34 bits per heavy atom. The van der Waals surface area contributed by atoms with Gasteiger partial charge >= 0.3 is 0 Å². The fraction of sp³-hybridized carbons (Fsp3) is 0.167. The van der Waals surface area contributed by atoms with E-state index in [0.717, 1.165) is 5.56 Å². The predicted octanol–water partition coefficient (Wildman–Crippen LogP) is 4.66. The minimum Gasteiger partial charge on any atom is -0.489 e. The lowest BCUT2D eigenvalue weighted by Crippen LogP contribution is -2.31. The molecule has 2 N–H and O–H groups in total. The van der Waals surface area contributed by atoms with Gasteiger partial charge in [-0.05, 0) is 49.7 Å². The van der Waals surface area contributed by atoms with Gasteiger partial charge in [-0.15, -0.1) is 0 Å². The summed E-state index contributed by atoms with van der Waals surface area (Å²) in [5.41, 5.74) is 2.39. The van der Waals surface area contributed by atoms with Crippen LogP contribution >= 0.6 is 0 Å². The lowest BCUT2D eigenvalue weighted by atomic mass is 10.1. The Morgan fingerprint density at radius 2 is 1.59 bits per heavy atom. The van der Waals surface area contributed by atoms with E-state index in [2.05, 4.69) is 10.6 Å². The van der Waals surface area contributed by atoms with Gasteiger partial charge in [-0.25, -0.2) is 0 Å². The highest BCUT2D eigenvalue weighted by Crippen LogP contribution is 2.19. The molecule has 0 bridgehead atoms. The van der Waals surface area contributed by atoms with Crippen LogP contribution in [-0.4, -0.2) is 17.9 Å². The van der Waals surface area contributed by atoms with Crippen LogP contribution in [0.2, 0.25) is 0 Å². The summed E-state index contributed by atoms with van der Waals surface area (Å²) >= 11 is 0. The second kappa shape index (κ2) is 9.55. The van der Waals surface area contributed by atoms with Crippen LogP contribution < -0.4 is 15.4 Å². The summed E-state index contributed by atoms with van der Waals surface area (Å²) in [5.74, 6) is 0.0724. The Morgan fingerprint density at radius 1 is 0.862 bits per heavy atom. The molecular weight excluding hydrogens is 364 g/mol. The summed E-state index contributed by atoms with van der Waals surface area (Å²) in [5, 5.41) is 5.67. The van der Waals surface area contributed by atoms with Crippen LogP contribution in [0, 0.1) is 0 Å². The first-order valence-electron chi connectivity index (χ1n) is 9.51. The largest absolute Gasteiger partial charge is 0.489 e. The number of benzene rings is 3. The van der Waals surface area contributed by atoms with E-state index < -0.39 is 0 Å². The minimum atomic E-state index is -0.306. The van der Waals surface area contributed by atoms with E-state index >= 15 is 0 Å². The van der Waals surface area contributed by atoms with Crippen LogP contribution in [0.1, 0.15) is 40.1 Å². The zero-order valence-electron chi connectivity index (χ0n) is 16.5. The molecule has 5 nitrogen and oxygen atoms in total. The molecular formula is C24H24N2O3. The van der Waals surface area contributed by atoms with Crippen molar-refractivity contribution >= 4 is 17.5 Å². The molecule has 0 radical (unpaired) electrons. The molecule has 0 unspecified atom stereocenters. The normalized spacial score (nSPS) is 10.4. The van der Waals surface area contributed by atoms with Crippen molar-refractivity contribution < 1.29 is 14.3 Å². The lowest BCUT2D eigenvalue weighted by Gasteiger charge is -2.13. The Hall–Kier alpha value is -3.60. The number of rotatable bonds is 7. The van der Waals surface area contributed by atoms with Crippen LogP contribution in [0.15, 0.2) is 78.9 Å². The smallest absolute Gasteiger partial charge is 0.255 e. The summed E-state index contributed by atoms with van der Waals surface area (Å²) in [7, 11) is 0. The van der Waals surface area contributed by atoms with Crippen molar-refractivity contribution in [1.82, 2.24) is 5.32 Å². The first-order valence-corrected chi connectivity index (χ1v) is 9.51. The van der Waals surface area contributed by atoms with Crippen molar-refractivity contribution in [1.29, 1.82) is 0 Å². The van der Waals surface area contributed by atoms with Gasteiger partial charge in [-0.1, -0.05) is 48.5 Å². The number of hydrogen-bond donors (Lipinski definition) is 2. The van der Waals surface area contributed by atoms with E-state index in [9.17, 15) is 9.59 Å². The number of carbonyl (C=O) groups excluding carboxylic acids is 2. The highest BCUT2D eigenvalue weighted by molar-refractivity contribution is 6.09. The molecule has 3 aromatic carbocycles. The zero-order valence-corrected chi connectivity index (χ0v) is 16.5. The molecule has 0 atom stereocenters. The molecule has 0 saturated carbocycles. The molecule has 0 saturated heterocycles. The second-order valence-corrected chi connectivity index (χ2v) is 6.93. The molecule has 0 aromatic heterocycles. The van der Waals surface area contributed by atoms with Crippen LogP contribution in [-0.2, 0) is 6.61 Å². The average molecular weight is 388 g/mol. The Labute approximate surface area is 170 Å². The molecule has 0 fully saturated rings. The first-order chi connectivity index (χ1) is 14.0. The number of para-hydroxylation sites is 1. The van der Waals surface area contributed by atoms with E-state index in [0.29, 0.717) is 29.2 Å². The van der Waals surface area contributed by atoms with E-state index in [4.69, 9.17) is 4.74 Å². The second-order valence-electron chi connectivity index (χ2n) is 6.93. The molecule has 2 amide bonds. The fourth-order valence-corrected chi connectivity index (χ4v) is 2.79. The fourth-order valence-electron chi connectivity index (χ4n) is 2.79. The van der Waals surface area contributed by atoms with E-state index in [1.807, 2.05) is 50.2 Å². The SMILES string of the molecule is CC(C)NC(=O)c1ccccc1NC(=O)c1cccc(OCc2ccccc2)c1. The maximum absolute atomic E-state index is 12.7. The molecule has 5 heteroatoms. The van der Waals surface area contributed by atoms with Crippen molar-refractivity contribution in [3.8, 4) is 5.75 Å². The predicted molar refractivity (Wildman–Crippen MR) is 114 cm³/mol. The maximum atomic E-state index is 12.7. The van der Waals surface area contributed by atoms with Gasteiger partial charge in [0, 0.05) is 11.6 Å². The molecule has 0 aliphatic heterocycles. The Bertz CT molecular complexity index is 984. The van der Waals surface area contributed by atoms with Gasteiger partial charge in [0.05, 0.1) is 11.3 Å². The average Bonchev–Trinajstić information content (AvgIpc) is 2.73. The van der Waals surface area contributed by atoms with E-state index in [-0.39, 0.29) is 17.9 Å². The standard InChI is InChI=1S/C24H24N2O3/c1-17(2)25-24(28)21-13-6-7-14-22(21)26-23(27)19-11-8-12-20(15-19)29-16-18-9-4-3-5-10-18/h3-15,17H,16H2,1-2H3,(H,25,28)(H,26,27). The van der Waals surface area contributed by atoms with Crippen molar-refractivity contribution in [3.05, 3.63) is 95.6 Å². The molecule has 0 aliphatic carbocycles. The maximum Gasteiger partial charge on any atom is 0.255 e. The quantitative estimate of drug-likeness (QED) is 0.619. The number of hydrogen-bond acceptors (Lipinski definition) is 3. The van der Waals surface area contributed by atoms with Crippen LogP contribution in [0.4, 0.5) is 5.69 Å². The molecule has 29 heavy (non-hydrogen) atoms. The summed E-state index contributed by atoms with van der Waals surface area (Å²) in [6.07, 6.45) is 0. The monoisotopic (exact) mass is 388 g/mol. The van der Waals surface area contributed by atoms with Gasteiger partial charge in [0.25, 0.3) is 11.8 Å². The molecule has 3 rings (SSSR count). The van der Waals surface area contributed by atoms with Crippen LogP contribution in [0.3, 0.4) is 0 Å². The third-order valence-corrected chi connectivity index (χ3v) is 4.18. The topological polar surface area (TPSA) is 67.4 Å². The highest BCUT2D eigenvalue weighted by Gasteiger charge is 2.15. The van der Waals surface area contributed by atoms with Crippen molar-refractivity contribution in [2.45, 2.75) is 26.5 Å². The van der Waals surface area contributed by atoms with Gasteiger partial charge in [0.2, 0.25) is 0 Å². The number of carbonyl (C=O) groups is 2. The number of nitrogens with one attached hydrogen (secondary N) is 2. The molecule has 3 aromatic rings. The van der Waals surface area contributed by atoms with Gasteiger partial charge in [-0.3, -0.25) is 9.59 Å². The van der Waals surface area contributed by atoms with E-state index in [1.165, 1.54) is 0 Å². The van der Waals surface area contributed by atoms with Gasteiger partial charge in [0.1, 0.15) is 12.4 Å². The van der Waals surface area contributed by atoms with Crippen molar-refractivity contribution in [2.75, 3.05) is 5.32 Å². The minimum absolute atomic E-state index is 0.00435. The third kappa shape index (κ3) is 5.69. The van der Waals surface area contributed by atoms with E-state index in [1.54, 1.807) is 42.5 Å². The van der Waals surface area contributed by atoms with Gasteiger partial charge in [-0.2, -0.15) is 0 Å². The zero-order chi connectivity index (χ0) is 20.6. The highest BCUT2D eigenvalue weighted by atomic mass is 16.5. The lowest BCUT2D eigenvalue weighted by molar-refractivity contribution is 0.0944. The first kappa shape index (κ1) is 20.1. The molecule has 0 aliphatic rings. The van der Waals surface area contributed by atoms with Crippen molar-refractivity contribution in [3.63, 3.8) is 0 Å². The van der Waals surface area contributed by atoms with Gasteiger partial charge in [0.15, 0.2) is 0 Å². The number of anilines is 1. The molecule has 148 valence electrons. The van der Waals surface area contributed by atoms with Gasteiger partial charge < -0.3 is 15.4 Å². The molecule has 0 spiro atoms. The van der Waals surface area contributed by atoms with Crippen molar-refractivity contribution in [2.24, 2.45) is 0 Å². The Balaban J connectivity index is 1.71. The summed E-state index contributed by atoms with van der Waals surface area (Å²) in [6.45, 7) is 4.20. The Kier molecular flexibility index (Phi) is 6.63. The number of ether oxygens (including phenoxy) is 1. The number of amides is 2. The van der Waals surface area contributed by atoms with Crippen LogP contribution in [0.5, 0.6) is 5.75 Å². The van der Waals surface area contributed by atoms with Crippen LogP contribution in [0.25, 0.3) is 0 Å². The molecule has 0 heterocycles. The summed E-state index contributed by atoms with van der Waals surface area (Å²) < 4.78 is 5.79. The summed E-state index contributed by atoms with van der Waals surface area (Å²) in [4.78, 5) is 25.1.